The lowest BCUT2D eigenvalue weighted by Gasteiger charge is -2.09. The molecule has 0 N–H and O–H groups in total. The molecule has 0 rings (SSSR count). The van der Waals surface area contributed by atoms with Crippen molar-refractivity contribution < 1.29 is 9.90 Å². The van der Waals surface area contributed by atoms with Crippen LogP contribution in [0, 0.1) is 12.3 Å². The zero-order valence-corrected chi connectivity index (χ0v) is 5.26. The Labute approximate surface area is 54.3 Å². The fourth-order valence-electron chi connectivity index (χ4n) is 0.349. The Hall–Kier alpha value is -1.01. The minimum atomic E-state index is -0.439. The number of likely N-dealkylation sites (N-methyl/N-ethyl adjacent to an activating group) is 1. The molecule has 1 amide bonds. The standard InChI is InChI=1S/C6H8NO2/c1-3-6(9)7(2)4-5-8/h1H,4-5H2,2H3. The molecule has 0 saturated carbocycles. The Morgan fingerprint density at radius 3 is 2.67 bits per heavy atom. The molecule has 49 valence electrons. The molecule has 3 nitrogen and oxygen atoms in total. The van der Waals surface area contributed by atoms with Crippen molar-refractivity contribution in [1.29, 1.82) is 0 Å². The Bertz CT molecular complexity index is 136. The minimum absolute atomic E-state index is 0.184. The topological polar surface area (TPSA) is 40.2 Å². The van der Waals surface area contributed by atoms with Crippen LogP contribution in [0.2, 0.25) is 0 Å². The van der Waals surface area contributed by atoms with Gasteiger partial charge in [0.1, 0.15) is 0 Å². The quantitative estimate of drug-likeness (QED) is 0.460. The van der Waals surface area contributed by atoms with Crippen molar-refractivity contribution in [2.75, 3.05) is 20.2 Å². The number of carbonyl (C=O) groups excluding carboxylic acids is 1. The Kier molecular flexibility index (Phi) is 3.49. The first-order valence-corrected chi connectivity index (χ1v) is 2.52. The first-order valence-electron chi connectivity index (χ1n) is 2.52. The second kappa shape index (κ2) is 3.93. The lowest BCUT2D eigenvalue weighted by molar-refractivity contribution is -0.124. The molecule has 9 heavy (non-hydrogen) atoms. The van der Waals surface area contributed by atoms with Crippen LogP contribution in [0.4, 0.5) is 0 Å². The van der Waals surface area contributed by atoms with E-state index in [-0.39, 0.29) is 13.2 Å². The summed E-state index contributed by atoms with van der Waals surface area (Å²) in [5.74, 6) is 1.46. The van der Waals surface area contributed by atoms with Crippen molar-refractivity contribution in [3.05, 3.63) is 0 Å². The van der Waals surface area contributed by atoms with Crippen LogP contribution in [0.25, 0.3) is 0 Å². The van der Waals surface area contributed by atoms with E-state index < -0.39 is 5.91 Å². The Morgan fingerprint density at radius 2 is 2.33 bits per heavy atom. The van der Waals surface area contributed by atoms with Crippen molar-refractivity contribution in [3.63, 3.8) is 0 Å². The van der Waals surface area contributed by atoms with Gasteiger partial charge in [0.2, 0.25) is 0 Å². The van der Waals surface area contributed by atoms with Gasteiger partial charge in [-0.2, -0.15) is 0 Å². The predicted octanol–water partition coefficient (Wildman–Crippen LogP) is -0.492. The van der Waals surface area contributed by atoms with Crippen molar-refractivity contribution >= 4 is 5.91 Å². The molecule has 3 heteroatoms. The monoisotopic (exact) mass is 126 g/mol. The van der Waals surface area contributed by atoms with Crippen molar-refractivity contribution in [1.82, 2.24) is 4.90 Å². The van der Waals surface area contributed by atoms with Gasteiger partial charge >= 0.3 is 0 Å². The molecule has 0 spiro atoms. The molecule has 0 aromatic carbocycles. The molecule has 0 heterocycles. The van der Waals surface area contributed by atoms with Crippen LogP contribution in [0.15, 0.2) is 0 Å². The summed E-state index contributed by atoms with van der Waals surface area (Å²) in [5.41, 5.74) is 0. The van der Waals surface area contributed by atoms with Gasteiger partial charge in [0, 0.05) is 13.6 Å². The molecule has 0 aliphatic rings. The van der Waals surface area contributed by atoms with E-state index in [0.29, 0.717) is 0 Å². The van der Waals surface area contributed by atoms with Crippen LogP contribution < -0.4 is 0 Å². The molecule has 0 aliphatic heterocycles. The third-order valence-corrected chi connectivity index (χ3v) is 0.897. The third-order valence-electron chi connectivity index (χ3n) is 0.897. The molecule has 0 saturated heterocycles. The van der Waals surface area contributed by atoms with E-state index in [1.807, 2.05) is 5.92 Å². The van der Waals surface area contributed by atoms with Gasteiger partial charge in [0.25, 0.3) is 5.91 Å². The zero-order valence-electron chi connectivity index (χ0n) is 5.26. The molecule has 0 aromatic rings. The van der Waals surface area contributed by atoms with Crippen molar-refractivity contribution in [2.45, 2.75) is 0 Å². The molecule has 1 radical (unpaired) electrons. The molecule has 0 aromatic heterocycles. The van der Waals surface area contributed by atoms with Crippen LogP contribution in [0.5, 0.6) is 0 Å². The maximum absolute atomic E-state index is 10.5. The highest BCUT2D eigenvalue weighted by Crippen LogP contribution is 1.79. The summed E-state index contributed by atoms with van der Waals surface area (Å²) in [6.45, 7) is -0.118. The number of rotatable bonds is 2. The highest BCUT2D eigenvalue weighted by atomic mass is 16.3. The Balaban J connectivity index is 3.62. The third kappa shape index (κ3) is 2.73. The summed E-state index contributed by atoms with van der Waals surface area (Å²) in [5, 5.41) is 9.90. The minimum Gasteiger partial charge on any atom is -0.333 e. The van der Waals surface area contributed by atoms with E-state index in [9.17, 15) is 9.90 Å². The number of hydrogen-bond donors (Lipinski definition) is 0. The number of amides is 1. The first kappa shape index (κ1) is 7.99. The number of terminal acetylenes is 1. The summed E-state index contributed by atoms with van der Waals surface area (Å²) < 4.78 is 0. The van der Waals surface area contributed by atoms with Crippen LogP contribution in [-0.4, -0.2) is 31.0 Å². The van der Waals surface area contributed by atoms with Gasteiger partial charge in [0.05, 0.1) is 6.61 Å². The molecule has 0 atom stereocenters. The predicted molar refractivity (Wildman–Crippen MR) is 32.0 cm³/mol. The van der Waals surface area contributed by atoms with Gasteiger partial charge in [-0.1, -0.05) is 0 Å². The molecule has 0 bridgehead atoms. The van der Waals surface area contributed by atoms with Gasteiger partial charge in [-0.15, -0.1) is 6.42 Å². The normalized spacial score (nSPS) is 8.11. The van der Waals surface area contributed by atoms with Gasteiger partial charge in [-0.3, -0.25) is 4.79 Å². The molecule has 0 aliphatic carbocycles. The lowest BCUT2D eigenvalue weighted by Crippen LogP contribution is -2.27. The smallest absolute Gasteiger partial charge is 0.298 e. The Morgan fingerprint density at radius 1 is 1.78 bits per heavy atom. The number of nitrogens with zero attached hydrogens (tertiary/aromatic N) is 1. The summed E-state index contributed by atoms with van der Waals surface area (Å²) >= 11 is 0. The summed E-state index contributed by atoms with van der Waals surface area (Å²) in [7, 11) is 1.50. The van der Waals surface area contributed by atoms with E-state index >= 15 is 0 Å². The lowest BCUT2D eigenvalue weighted by atomic mass is 10.5. The maximum atomic E-state index is 10.5. The van der Waals surface area contributed by atoms with Crippen molar-refractivity contribution in [2.24, 2.45) is 0 Å². The van der Waals surface area contributed by atoms with Crippen molar-refractivity contribution in [3.8, 4) is 12.3 Å². The average molecular weight is 126 g/mol. The van der Waals surface area contributed by atoms with E-state index in [1.165, 1.54) is 11.9 Å². The van der Waals surface area contributed by atoms with Gasteiger partial charge < -0.3 is 4.90 Å². The molecule has 0 fully saturated rings. The van der Waals surface area contributed by atoms with E-state index in [4.69, 9.17) is 6.42 Å². The van der Waals surface area contributed by atoms with Crippen LogP contribution in [0.1, 0.15) is 0 Å². The molecular formula is C6H8NO2. The molecule has 0 unspecified atom stereocenters. The largest absolute Gasteiger partial charge is 0.333 e. The maximum Gasteiger partial charge on any atom is 0.298 e. The van der Waals surface area contributed by atoms with E-state index in [0.717, 1.165) is 0 Å². The van der Waals surface area contributed by atoms with Crippen LogP contribution in [0.3, 0.4) is 0 Å². The van der Waals surface area contributed by atoms with E-state index in [2.05, 4.69) is 0 Å². The van der Waals surface area contributed by atoms with Crippen LogP contribution >= 0.6 is 0 Å². The highest BCUT2D eigenvalue weighted by molar-refractivity contribution is 5.92. The van der Waals surface area contributed by atoms with E-state index in [1.54, 1.807) is 0 Å². The first-order chi connectivity index (χ1) is 4.22. The second-order valence-corrected chi connectivity index (χ2v) is 1.58. The van der Waals surface area contributed by atoms with Gasteiger partial charge in [0.15, 0.2) is 0 Å². The van der Waals surface area contributed by atoms with Gasteiger partial charge in [-0.25, -0.2) is 5.11 Å². The second-order valence-electron chi connectivity index (χ2n) is 1.58. The zero-order chi connectivity index (χ0) is 7.28. The number of hydrogen-bond acceptors (Lipinski definition) is 1. The number of carbonyl (C=O) groups is 1. The average Bonchev–Trinajstić information content (AvgIpc) is 1.87. The fourth-order valence-corrected chi connectivity index (χ4v) is 0.349. The summed E-state index contributed by atoms with van der Waals surface area (Å²) in [6.07, 6.45) is 4.76. The van der Waals surface area contributed by atoms with Gasteiger partial charge in [-0.05, 0) is 5.92 Å². The SMILES string of the molecule is C#CC(=O)N(C)CC[O]. The fraction of sp³-hybridized carbons (Fsp3) is 0.500. The van der Waals surface area contributed by atoms with Crippen LogP contribution in [-0.2, 0) is 9.90 Å². The summed E-state index contributed by atoms with van der Waals surface area (Å²) in [6, 6.07) is 0. The summed E-state index contributed by atoms with van der Waals surface area (Å²) in [4.78, 5) is 11.7. The highest BCUT2D eigenvalue weighted by Gasteiger charge is 2.01. The molecular weight excluding hydrogens is 118 g/mol.